The van der Waals surface area contributed by atoms with Crippen molar-refractivity contribution >= 4 is 22.8 Å². The van der Waals surface area contributed by atoms with Crippen molar-refractivity contribution in [1.82, 2.24) is 30.2 Å². The molecule has 1 aromatic heterocycles. The predicted molar refractivity (Wildman–Crippen MR) is 104 cm³/mol. The Hall–Kier alpha value is -2.29. The Balaban J connectivity index is 1.43. The molecule has 0 unspecified atom stereocenters. The first-order valence-electron chi connectivity index (χ1n) is 9.07. The summed E-state index contributed by atoms with van der Waals surface area (Å²) in [6, 6.07) is 6.23. The molecule has 0 atom stereocenters. The molecule has 26 heavy (non-hydrogen) atoms. The number of benzene rings is 1. The van der Waals surface area contributed by atoms with E-state index >= 15 is 0 Å². The minimum atomic E-state index is 0.582. The van der Waals surface area contributed by atoms with Crippen molar-refractivity contribution in [2.75, 3.05) is 51.9 Å². The van der Waals surface area contributed by atoms with Crippen LogP contribution in [-0.2, 0) is 0 Å². The maximum absolute atomic E-state index is 4.62. The monoisotopic (exact) mass is 354 g/mol. The summed E-state index contributed by atoms with van der Waals surface area (Å²) in [5.41, 5.74) is 3.13. The summed E-state index contributed by atoms with van der Waals surface area (Å²) in [5, 5.41) is 12.3. The zero-order valence-corrected chi connectivity index (χ0v) is 15.7. The third kappa shape index (κ3) is 3.62. The smallest absolute Gasteiger partial charge is 0.230 e. The number of rotatable bonds is 2. The molecule has 0 amide bonds. The van der Waals surface area contributed by atoms with E-state index in [-0.39, 0.29) is 0 Å². The number of aliphatic imine (C=N–C) groups is 1. The van der Waals surface area contributed by atoms with E-state index in [2.05, 4.69) is 66.6 Å². The van der Waals surface area contributed by atoms with E-state index in [1.807, 2.05) is 13.0 Å². The largest absolute Gasteiger partial charge is 0.342 e. The molecule has 0 bridgehead atoms. The summed E-state index contributed by atoms with van der Waals surface area (Å²) in [4.78, 5) is 16.2. The Bertz CT molecular complexity index is 825. The first kappa shape index (κ1) is 17.1. The average molecular weight is 354 g/mol. The van der Waals surface area contributed by atoms with Gasteiger partial charge in [0.2, 0.25) is 11.9 Å². The molecule has 8 heteroatoms. The van der Waals surface area contributed by atoms with Crippen LogP contribution in [0.5, 0.6) is 0 Å². The molecule has 1 fully saturated rings. The SMILES string of the molecule is Cc1ccc2nc(NC3=NCN(N4CCN(C)CC4)CN3)nc(C)c2c1. The average Bonchev–Trinajstić information content (AvgIpc) is 2.64. The van der Waals surface area contributed by atoms with Crippen LogP contribution in [0.25, 0.3) is 10.9 Å². The van der Waals surface area contributed by atoms with Gasteiger partial charge in [-0.3, -0.25) is 5.32 Å². The number of hydrogen-bond donors (Lipinski definition) is 2. The van der Waals surface area contributed by atoms with Crippen molar-refractivity contribution in [3.05, 3.63) is 29.5 Å². The fourth-order valence-corrected chi connectivity index (χ4v) is 3.33. The lowest BCUT2D eigenvalue weighted by atomic mass is 10.1. The maximum atomic E-state index is 4.62. The molecule has 0 radical (unpaired) electrons. The lowest BCUT2D eigenvalue weighted by Gasteiger charge is -2.40. The highest BCUT2D eigenvalue weighted by Gasteiger charge is 2.22. The second-order valence-electron chi connectivity index (χ2n) is 7.02. The zero-order chi connectivity index (χ0) is 18.1. The molecule has 0 saturated carbocycles. The Kier molecular flexibility index (Phi) is 4.71. The first-order valence-corrected chi connectivity index (χ1v) is 9.07. The van der Waals surface area contributed by atoms with E-state index in [4.69, 9.17) is 0 Å². The second-order valence-corrected chi connectivity index (χ2v) is 7.02. The summed E-state index contributed by atoms with van der Waals surface area (Å²) in [5.74, 6) is 1.30. The van der Waals surface area contributed by atoms with Crippen LogP contribution in [0.3, 0.4) is 0 Å². The first-order chi connectivity index (χ1) is 12.6. The molecule has 138 valence electrons. The van der Waals surface area contributed by atoms with Crippen LogP contribution in [-0.4, -0.2) is 77.4 Å². The van der Waals surface area contributed by atoms with Crippen LogP contribution < -0.4 is 10.6 Å². The number of aromatic nitrogens is 2. The third-order valence-corrected chi connectivity index (χ3v) is 4.97. The van der Waals surface area contributed by atoms with Crippen LogP contribution in [0.4, 0.5) is 5.95 Å². The summed E-state index contributed by atoms with van der Waals surface area (Å²) in [6.45, 7) is 9.75. The molecule has 2 aromatic rings. The van der Waals surface area contributed by atoms with Gasteiger partial charge in [0.15, 0.2) is 0 Å². The summed E-state index contributed by atoms with van der Waals surface area (Å²) < 4.78 is 0. The van der Waals surface area contributed by atoms with Crippen molar-refractivity contribution in [3.63, 3.8) is 0 Å². The molecule has 4 rings (SSSR count). The van der Waals surface area contributed by atoms with Gasteiger partial charge in [0.25, 0.3) is 0 Å². The van der Waals surface area contributed by atoms with E-state index < -0.39 is 0 Å². The molecule has 0 aliphatic carbocycles. The van der Waals surface area contributed by atoms with Gasteiger partial charge in [-0.15, -0.1) is 0 Å². The van der Waals surface area contributed by atoms with Crippen LogP contribution in [0.2, 0.25) is 0 Å². The third-order valence-electron chi connectivity index (χ3n) is 4.97. The molecular formula is C18H26N8. The predicted octanol–water partition coefficient (Wildman–Crippen LogP) is 0.997. The van der Waals surface area contributed by atoms with Crippen LogP contribution >= 0.6 is 0 Å². The number of piperazine rings is 1. The van der Waals surface area contributed by atoms with Gasteiger partial charge in [0.1, 0.15) is 6.67 Å². The topological polar surface area (TPSA) is 71.9 Å². The molecule has 1 saturated heterocycles. The van der Waals surface area contributed by atoms with Crippen LogP contribution in [0.15, 0.2) is 23.2 Å². The molecule has 2 aliphatic heterocycles. The highest BCUT2D eigenvalue weighted by Crippen LogP contribution is 2.18. The number of hydrogen-bond acceptors (Lipinski definition) is 8. The Morgan fingerprint density at radius 2 is 1.85 bits per heavy atom. The Labute approximate surface area is 153 Å². The summed E-state index contributed by atoms with van der Waals surface area (Å²) >= 11 is 0. The molecule has 1 aromatic carbocycles. The number of nitrogens with one attached hydrogen (secondary N) is 2. The van der Waals surface area contributed by atoms with Gasteiger partial charge in [-0.2, -0.15) is 0 Å². The van der Waals surface area contributed by atoms with E-state index in [0.717, 1.165) is 55.4 Å². The van der Waals surface area contributed by atoms with Gasteiger partial charge in [-0.25, -0.2) is 25.0 Å². The number of hydrazine groups is 1. The van der Waals surface area contributed by atoms with Crippen molar-refractivity contribution in [3.8, 4) is 0 Å². The van der Waals surface area contributed by atoms with Crippen molar-refractivity contribution in [2.45, 2.75) is 13.8 Å². The number of nitrogens with zero attached hydrogens (tertiary/aromatic N) is 6. The molecule has 3 heterocycles. The number of guanidine groups is 1. The van der Waals surface area contributed by atoms with Gasteiger partial charge >= 0.3 is 0 Å². The number of aryl methyl sites for hydroxylation is 2. The highest BCUT2D eigenvalue weighted by atomic mass is 15.7. The van der Waals surface area contributed by atoms with E-state index in [9.17, 15) is 0 Å². The molecule has 2 aliphatic rings. The lowest BCUT2D eigenvalue weighted by Crippen LogP contribution is -2.58. The minimum absolute atomic E-state index is 0.582. The fourth-order valence-electron chi connectivity index (χ4n) is 3.33. The highest BCUT2D eigenvalue weighted by molar-refractivity contribution is 5.93. The normalized spacial score (nSPS) is 20.0. The Morgan fingerprint density at radius 1 is 1.04 bits per heavy atom. The fraction of sp³-hybridized carbons (Fsp3) is 0.500. The lowest BCUT2D eigenvalue weighted by molar-refractivity contribution is -0.0567. The minimum Gasteiger partial charge on any atom is -0.342 e. The van der Waals surface area contributed by atoms with Crippen molar-refractivity contribution < 1.29 is 0 Å². The van der Waals surface area contributed by atoms with Gasteiger partial charge in [-0.1, -0.05) is 11.6 Å². The zero-order valence-electron chi connectivity index (χ0n) is 15.7. The van der Waals surface area contributed by atoms with E-state index in [1.165, 1.54) is 5.56 Å². The standard InChI is InChI=1S/C18H26N8/c1-13-4-5-16-15(10-13)14(2)21-18(22-16)23-17-19-11-26(12-20-17)25-8-6-24(3)7-9-25/h4-5,10H,6-9,11-12H2,1-3H3,(H2,19,20,21,22,23). The quantitative estimate of drug-likeness (QED) is 0.833. The van der Waals surface area contributed by atoms with Crippen LogP contribution in [0.1, 0.15) is 11.3 Å². The summed E-state index contributed by atoms with van der Waals surface area (Å²) in [7, 11) is 2.17. The van der Waals surface area contributed by atoms with Gasteiger partial charge in [0, 0.05) is 31.6 Å². The molecule has 8 nitrogen and oxygen atoms in total. The molecular weight excluding hydrogens is 328 g/mol. The molecule has 0 spiro atoms. The number of fused-ring (bicyclic) bond motifs is 1. The van der Waals surface area contributed by atoms with Crippen LogP contribution in [0, 0.1) is 13.8 Å². The van der Waals surface area contributed by atoms with Gasteiger partial charge in [0.05, 0.1) is 17.9 Å². The van der Waals surface area contributed by atoms with E-state index in [0.29, 0.717) is 12.6 Å². The van der Waals surface area contributed by atoms with E-state index in [1.54, 1.807) is 0 Å². The number of likely N-dealkylation sites (N-methyl/N-ethyl adjacent to an activating group) is 1. The summed E-state index contributed by atoms with van der Waals surface area (Å²) in [6.07, 6.45) is 0. The van der Waals surface area contributed by atoms with Gasteiger partial charge in [-0.05, 0) is 33.0 Å². The number of anilines is 1. The van der Waals surface area contributed by atoms with Crippen molar-refractivity contribution in [1.29, 1.82) is 0 Å². The Morgan fingerprint density at radius 3 is 2.58 bits per heavy atom. The second kappa shape index (κ2) is 7.14. The molecule has 2 N–H and O–H groups in total. The maximum Gasteiger partial charge on any atom is 0.230 e. The van der Waals surface area contributed by atoms with Gasteiger partial charge < -0.3 is 10.2 Å². The van der Waals surface area contributed by atoms with Crippen molar-refractivity contribution in [2.24, 2.45) is 4.99 Å².